The predicted octanol–water partition coefficient (Wildman–Crippen LogP) is 3.48. The molecule has 0 bridgehead atoms. The number of hydrogen-bond donors (Lipinski definition) is 1. The molecular weight excluding hydrogens is 276 g/mol. The molecule has 1 heterocycles. The second-order valence-corrected chi connectivity index (χ2v) is 7.57. The quantitative estimate of drug-likeness (QED) is 0.627. The molecule has 1 saturated carbocycles. The fourth-order valence-corrected chi connectivity index (χ4v) is 4.48. The van der Waals surface area contributed by atoms with Gasteiger partial charge in [-0.15, -0.1) is 0 Å². The van der Waals surface area contributed by atoms with E-state index in [0.717, 1.165) is 11.8 Å². The summed E-state index contributed by atoms with van der Waals surface area (Å²) < 4.78 is 5.33. The van der Waals surface area contributed by atoms with Crippen molar-refractivity contribution in [1.29, 1.82) is 0 Å². The Hall–Kier alpha value is -1.09. The molecule has 2 aliphatic carbocycles. The van der Waals surface area contributed by atoms with Gasteiger partial charge in [-0.05, 0) is 48.5 Å². The molecule has 3 aliphatic rings. The fourth-order valence-electron chi connectivity index (χ4n) is 4.48. The Kier molecular flexibility index (Phi) is 4.72. The van der Waals surface area contributed by atoms with Gasteiger partial charge >= 0.3 is 5.97 Å². The molecule has 3 nitrogen and oxygen atoms in total. The second-order valence-electron chi connectivity index (χ2n) is 7.57. The summed E-state index contributed by atoms with van der Waals surface area (Å²) in [5.74, 6) is 3.04. The van der Waals surface area contributed by atoms with Gasteiger partial charge in [0.15, 0.2) is 0 Å². The van der Waals surface area contributed by atoms with Crippen molar-refractivity contribution in [3.05, 3.63) is 24.3 Å². The van der Waals surface area contributed by atoms with E-state index in [1.807, 2.05) is 6.08 Å². The first kappa shape index (κ1) is 15.8. The summed E-state index contributed by atoms with van der Waals surface area (Å²) in [5, 5.41) is 9.71. The van der Waals surface area contributed by atoms with Gasteiger partial charge in [0.05, 0.1) is 12.5 Å². The van der Waals surface area contributed by atoms with E-state index in [9.17, 15) is 9.90 Å². The summed E-state index contributed by atoms with van der Waals surface area (Å²) in [6.07, 6.45) is 12.8. The SMILES string of the molecule is CC1CCC2C(C=CC(C)C2C=CC2CC(O)CC(=O)O2)C1. The lowest BCUT2D eigenvalue weighted by Gasteiger charge is -2.42. The van der Waals surface area contributed by atoms with Gasteiger partial charge in [0, 0.05) is 6.42 Å². The molecule has 22 heavy (non-hydrogen) atoms. The van der Waals surface area contributed by atoms with E-state index in [0.29, 0.717) is 24.2 Å². The molecule has 0 amide bonds. The van der Waals surface area contributed by atoms with E-state index in [4.69, 9.17) is 4.74 Å². The number of rotatable bonds is 2. The van der Waals surface area contributed by atoms with Crippen LogP contribution in [0.25, 0.3) is 0 Å². The molecule has 0 aromatic rings. The lowest BCUT2D eigenvalue weighted by Crippen LogP contribution is -2.34. The van der Waals surface area contributed by atoms with Crippen molar-refractivity contribution in [2.24, 2.45) is 29.6 Å². The van der Waals surface area contributed by atoms with Crippen molar-refractivity contribution in [2.75, 3.05) is 0 Å². The molecule has 1 aliphatic heterocycles. The Labute approximate surface area is 133 Å². The summed E-state index contributed by atoms with van der Waals surface area (Å²) in [6, 6.07) is 0. The topological polar surface area (TPSA) is 46.5 Å². The third-order valence-corrected chi connectivity index (χ3v) is 5.72. The van der Waals surface area contributed by atoms with E-state index < -0.39 is 6.10 Å². The average Bonchev–Trinajstić information content (AvgIpc) is 2.45. The fraction of sp³-hybridized carbons (Fsp3) is 0.737. The third kappa shape index (κ3) is 3.45. The van der Waals surface area contributed by atoms with Crippen LogP contribution >= 0.6 is 0 Å². The van der Waals surface area contributed by atoms with Crippen LogP contribution in [-0.2, 0) is 9.53 Å². The van der Waals surface area contributed by atoms with Crippen molar-refractivity contribution in [2.45, 2.75) is 58.2 Å². The Balaban J connectivity index is 1.69. The summed E-state index contributed by atoms with van der Waals surface area (Å²) in [6.45, 7) is 4.64. The highest BCUT2D eigenvalue weighted by atomic mass is 16.5. The molecule has 7 atom stereocenters. The van der Waals surface area contributed by atoms with Crippen LogP contribution < -0.4 is 0 Å². The molecule has 1 saturated heterocycles. The zero-order valence-electron chi connectivity index (χ0n) is 13.7. The smallest absolute Gasteiger partial charge is 0.309 e. The van der Waals surface area contributed by atoms with Gasteiger partial charge in [0.1, 0.15) is 6.10 Å². The van der Waals surface area contributed by atoms with Crippen molar-refractivity contribution in [1.82, 2.24) is 0 Å². The van der Waals surface area contributed by atoms with Crippen molar-refractivity contribution < 1.29 is 14.6 Å². The number of ether oxygens (including phenoxy) is 1. The molecule has 1 N–H and O–H groups in total. The molecule has 122 valence electrons. The van der Waals surface area contributed by atoms with Crippen molar-refractivity contribution in [3.8, 4) is 0 Å². The average molecular weight is 304 g/mol. The van der Waals surface area contributed by atoms with Crippen LogP contribution in [0.1, 0.15) is 46.0 Å². The van der Waals surface area contributed by atoms with Crippen LogP contribution in [0.15, 0.2) is 24.3 Å². The number of aliphatic hydroxyl groups is 1. The number of carbonyl (C=O) groups excluding carboxylic acids is 1. The van der Waals surface area contributed by atoms with E-state index in [-0.39, 0.29) is 18.5 Å². The highest BCUT2D eigenvalue weighted by Crippen LogP contribution is 2.45. The first-order valence-corrected chi connectivity index (χ1v) is 8.77. The van der Waals surface area contributed by atoms with Crippen LogP contribution in [0.5, 0.6) is 0 Å². The van der Waals surface area contributed by atoms with Crippen LogP contribution in [0.3, 0.4) is 0 Å². The predicted molar refractivity (Wildman–Crippen MR) is 86.0 cm³/mol. The number of esters is 1. The van der Waals surface area contributed by atoms with Gasteiger partial charge in [-0.2, -0.15) is 0 Å². The van der Waals surface area contributed by atoms with E-state index in [2.05, 4.69) is 32.1 Å². The molecule has 0 spiro atoms. The zero-order chi connectivity index (χ0) is 15.7. The molecule has 2 fully saturated rings. The highest BCUT2D eigenvalue weighted by Gasteiger charge is 2.36. The summed E-state index contributed by atoms with van der Waals surface area (Å²) >= 11 is 0. The lowest BCUT2D eigenvalue weighted by molar-refractivity contribution is -0.156. The summed E-state index contributed by atoms with van der Waals surface area (Å²) in [4.78, 5) is 11.4. The van der Waals surface area contributed by atoms with E-state index in [1.165, 1.54) is 19.3 Å². The van der Waals surface area contributed by atoms with Crippen LogP contribution in [0, 0.1) is 29.6 Å². The molecule has 0 aromatic carbocycles. The minimum absolute atomic E-state index is 0.134. The largest absolute Gasteiger partial charge is 0.458 e. The minimum Gasteiger partial charge on any atom is -0.458 e. The van der Waals surface area contributed by atoms with E-state index >= 15 is 0 Å². The highest BCUT2D eigenvalue weighted by molar-refractivity contribution is 5.71. The number of fused-ring (bicyclic) bond motifs is 1. The van der Waals surface area contributed by atoms with Crippen molar-refractivity contribution >= 4 is 5.97 Å². The van der Waals surface area contributed by atoms with Gasteiger partial charge in [0.25, 0.3) is 0 Å². The third-order valence-electron chi connectivity index (χ3n) is 5.72. The number of aliphatic hydroxyl groups excluding tert-OH is 1. The summed E-state index contributed by atoms with van der Waals surface area (Å²) in [5.41, 5.74) is 0. The molecule has 3 heteroatoms. The Bertz CT molecular complexity index is 467. The molecule has 7 unspecified atom stereocenters. The first-order valence-electron chi connectivity index (χ1n) is 8.77. The van der Waals surface area contributed by atoms with Crippen LogP contribution in [-0.4, -0.2) is 23.3 Å². The van der Waals surface area contributed by atoms with Crippen LogP contribution in [0.4, 0.5) is 0 Å². The van der Waals surface area contributed by atoms with Gasteiger partial charge in [0.2, 0.25) is 0 Å². The Morgan fingerprint density at radius 3 is 2.77 bits per heavy atom. The number of cyclic esters (lactones) is 1. The zero-order valence-corrected chi connectivity index (χ0v) is 13.7. The number of hydrogen-bond acceptors (Lipinski definition) is 3. The Morgan fingerprint density at radius 2 is 2.00 bits per heavy atom. The maximum atomic E-state index is 11.4. The second kappa shape index (κ2) is 6.57. The van der Waals surface area contributed by atoms with Crippen LogP contribution in [0.2, 0.25) is 0 Å². The normalized spacial score (nSPS) is 45.6. The number of allylic oxidation sites excluding steroid dienone is 3. The molecule has 0 aromatic heterocycles. The Morgan fingerprint density at radius 1 is 1.18 bits per heavy atom. The molecule has 3 rings (SSSR count). The minimum atomic E-state index is -0.553. The first-order chi connectivity index (χ1) is 10.5. The van der Waals surface area contributed by atoms with Gasteiger partial charge in [-0.3, -0.25) is 4.79 Å². The summed E-state index contributed by atoms with van der Waals surface area (Å²) in [7, 11) is 0. The maximum Gasteiger partial charge on any atom is 0.309 e. The van der Waals surface area contributed by atoms with E-state index in [1.54, 1.807) is 0 Å². The van der Waals surface area contributed by atoms with Crippen molar-refractivity contribution in [3.63, 3.8) is 0 Å². The van der Waals surface area contributed by atoms with Gasteiger partial charge < -0.3 is 9.84 Å². The lowest BCUT2D eigenvalue weighted by atomic mass is 9.63. The maximum absolute atomic E-state index is 11.4. The van der Waals surface area contributed by atoms with Gasteiger partial charge in [-0.25, -0.2) is 0 Å². The van der Waals surface area contributed by atoms with Gasteiger partial charge in [-0.1, -0.05) is 38.5 Å². The number of carbonyl (C=O) groups is 1. The standard InChI is InChI=1S/C19H28O3/c1-12-3-7-18-14(9-12)5-4-13(2)17(18)8-6-16-10-15(20)11-19(21)22-16/h4-6,8,12-18,20H,3,7,9-11H2,1-2H3. The molecular formula is C19H28O3. The monoisotopic (exact) mass is 304 g/mol. The molecule has 0 radical (unpaired) electrons.